The molecule has 2 aliphatic rings. The van der Waals surface area contributed by atoms with Crippen molar-refractivity contribution in [2.24, 2.45) is 0 Å². The van der Waals surface area contributed by atoms with Crippen LogP contribution in [-0.2, 0) is 6.54 Å². The maximum absolute atomic E-state index is 6.25. The van der Waals surface area contributed by atoms with Crippen molar-refractivity contribution in [3.63, 3.8) is 0 Å². The first-order chi connectivity index (χ1) is 12.7. The molecule has 4 rings (SSSR count). The zero-order valence-electron chi connectivity index (χ0n) is 15.4. The van der Waals surface area contributed by atoms with E-state index in [9.17, 15) is 0 Å². The predicted octanol–water partition coefficient (Wildman–Crippen LogP) is 4.76. The number of nitrogens with zero attached hydrogens (tertiary/aromatic N) is 2. The Bertz CT molecular complexity index is 744. The summed E-state index contributed by atoms with van der Waals surface area (Å²) >= 11 is 6.25. The highest BCUT2D eigenvalue weighted by molar-refractivity contribution is 6.30. The zero-order chi connectivity index (χ0) is 17.9. The number of benzene rings is 2. The molecule has 2 fully saturated rings. The van der Waals surface area contributed by atoms with Gasteiger partial charge in [-0.05, 0) is 56.1 Å². The van der Waals surface area contributed by atoms with Gasteiger partial charge in [0.05, 0.1) is 7.11 Å². The lowest BCUT2D eigenvalue weighted by Crippen LogP contribution is -2.54. The van der Waals surface area contributed by atoms with Crippen molar-refractivity contribution in [3.8, 4) is 5.75 Å². The topological polar surface area (TPSA) is 15.7 Å². The van der Waals surface area contributed by atoms with Crippen LogP contribution in [-0.4, -0.2) is 42.6 Å². The van der Waals surface area contributed by atoms with Gasteiger partial charge in [0.2, 0.25) is 0 Å². The summed E-state index contributed by atoms with van der Waals surface area (Å²) < 4.78 is 5.59. The van der Waals surface area contributed by atoms with Crippen LogP contribution in [0.3, 0.4) is 0 Å². The summed E-state index contributed by atoms with van der Waals surface area (Å²) in [5.41, 5.74) is 2.58. The van der Waals surface area contributed by atoms with Crippen molar-refractivity contribution in [1.29, 1.82) is 0 Å². The number of hydrogen-bond donors (Lipinski definition) is 0. The molecule has 138 valence electrons. The minimum atomic E-state index is 0.436. The zero-order valence-corrected chi connectivity index (χ0v) is 16.2. The molecule has 4 heteroatoms. The third-order valence-corrected chi connectivity index (χ3v) is 6.05. The van der Waals surface area contributed by atoms with Gasteiger partial charge in [-0.3, -0.25) is 4.90 Å². The van der Waals surface area contributed by atoms with E-state index in [-0.39, 0.29) is 0 Å². The van der Waals surface area contributed by atoms with Crippen LogP contribution in [0.1, 0.15) is 36.4 Å². The number of rotatable bonds is 6. The molecule has 2 heterocycles. The Labute approximate surface area is 161 Å². The molecule has 0 radical (unpaired) electrons. The molecule has 0 aromatic heterocycles. The predicted molar refractivity (Wildman–Crippen MR) is 107 cm³/mol. The molecular weight excluding hydrogens is 344 g/mol. The summed E-state index contributed by atoms with van der Waals surface area (Å²) in [6.07, 6.45) is 3.89. The van der Waals surface area contributed by atoms with Gasteiger partial charge in [-0.15, -0.1) is 0 Å². The fourth-order valence-electron chi connectivity index (χ4n) is 4.40. The summed E-state index contributed by atoms with van der Waals surface area (Å²) in [6.45, 7) is 4.59. The van der Waals surface area contributed by atoms with Gasteiger partial charge in [-0.1, -0.05) is 41.9 Å². The van der Waals surface area contributed by atoms with Crippen LogP contribution < -0.4 is 4.74 Å². The third-order valence-electron chi connectivity index (χ3n) is 5.81. The molecule has 0 spiro atoms. The molecule has 0 saturated carbocycles. The van der Waals surface area contributed by atoms with E-state index in [4.69, 9.17) is 16.3 Å². The molecule has 2 aromatic rings. The van der Waals surface area contributed by atoms with Crippen molar-refractivity contribution >= 4 is 11.6 Å². The Kier molecular flexibility index (Phi) is 5.49. The van der Waals surface area contributed by atoms with Gasteiger partial charge in [0, 0.05) is 35.8 Å². The lowest BCUT2D eigenvalue weighted by Gasteiger charge is -2.50. The summed E-state index contributed by atoms with van der Waals surface area (Å²) in [7, 11) is 1.76. The largest absolute Gasteiger partial charge is 0.496 e. The van der Waals surface area contributed by atoms with E-state index < -0.39 is 0 Å². The standard InChI is InChI=1S/C22H27ClN2O/c1-26-22-10-3-2-7-18(22)15-25-20(16-24-11-4-5-12-24)14-21(25)17-8-6-9-19(23)13-17/h2-3,6-10,13,20-21H,4-5,11-12,14-16H2,1H3. The molecule has 0 aliphatic carbocycles. The van der Waals surface area contributed by atoms with Crippen LogP contribution in [0.25, 0.3) is 0 Å². The van der Waals surface area contributed by atoms with Gasteiger partial charge in [0.1, 0.15) is 5.75 Å². The van der Waals surface area contributed by atoms with Gasteiger partial charge >= 0.3 is 0 Å². The number of methoxy groups -OCH3 is 1. The van der Waals surface area contributed by atoms with E-state index in [1.54, 1.807) is 7.11 Å². The van der Waals surface area contributed by atoms with E-state index >= 15 is 0 Å². The minimum Gasteiger partial charge on any atom is -0.496 e. The Morgan fingerprint density at radius 2 is 1.88 bits per heavy atom. The van der Waals surface area contributed by atoms with Crippen molar-refractivity contribution in [2.75, 3.05) is 26.7 Å². The SMILES string of the molecule is COc1ccccc1CN1C(CN2CCCC2)CC1c1cccc(Cl)c1. The Hall–Kier alpha value is -1.55. The van der Waals surface area contributed by atoms with E-state index in [2.05, 4.69) is 46.2 Å². The van der Waals surface area contributed by atoms with Gasteiger partial charge in [-0.2, -0.15) is 0 Å². The van der Waals surface area contributed by atoms with Gasteiger partial charge in [0.25, 0.3) is 0 Å². The molecular formula is C22H27ClN2O. The molecule has 2 aromatic carbocycles. The Morgan fingerprint density at radius 3 is 2.65 bits per heavy atom. The van der Waals surface area contributed by atoms with Crippen molar-refractivity contribution < 1.29 is 4.74 Å². The smallest absolute Gasteiger partial charge is 0.123 e. The minimum absolute atomic E-state index is 0.436. The normalized spacial score (nSPS) is 23.8. The fraction of sp³-hybridized carbons (Fsp3) is 0.455. The molecule has 3 nitrogen and oxygen atoms in total. The first-order valence-electron chi connectivity index (χ1n) is 9.60. The molecule has 2 aliphatic heterocycles. The highest BCUT2D eigenvalue weighted by atomic mass is 35.5. The highest BCUT2D eigenvalue weighted by Gasteiger charge is 2.40. The number of halogens is 1. The first kappa shape index (κ1) is 17.8. The fourth-order valence-corrected chi connectivity index (χ4v) is 4.60. The summed E-state index contributed by atoms with van der Waals surface area (Å²) in [6, 6.07) is 17.7. The Morgan fingerprint density at radius 1 is 1.08 bits per heavy atom. The quantitative estimate of drug-likeness (QED) is 0.729. The van der Waals surface area contributed by atoms with Crippen molar-refractivity contribution in [3.05, 3.63) is 64.7 Å². The molecule has 2 saturated heterocycles. The molecule has 2 unspecified atom stereocenters. The van der Waals surface area contributed by atoms with Crippen LogP contribution in [0.2, 0.25) is 5.02 Å². The molecule has 26 heavy (non-hydrogen) atoms. The maximum atomic E-state index is 6.25. The monoisotopic (exact) mass is 370 g/mol. The van der Waals surface area contributed by atoms with E-state index in [1.165, 1.54) is 50.0 Å². The summed E-state index contributed by atoms with van der Waals surface area (Å²) in [5, 5.41) is 0.822. The summed E-state index contributed by atoms with van der Waals surface area (Å²) in [4.78, 5) is 5.25. The Balaban J connectivity index is 1.55. The van der Waals surface area contributed by atoms with Crippen molar-refractivity contribution in [2.45, 2.75) is 37.9 Å². The van der Waals surface area contributed by atoms with Crippen LogP contribution in [0.5, 0.6) is 5.75 Å². The lowest BCUT2D eigenvalue weighted by atomic mass is 9.86. The average molecular weight is 371 g/mol. The number of likely N-dealkylation sites (tertiary alicyclic amines) is 2. The molecule has 0 N–H and O–H groups in total. The van der Waals surface area contributed by atoms with Crippen LogP contribution in [0.4, 0.5) is 0 Å². The third kappa shape index (κ3) is 3.75. The number of hydrogen-bond acceptors (Lipinski definition) is 3. The van der Waals surface area contributed by atoms with Crippen LogP contribution in [0.15, 0.2) is 48.5 Å². The van der Waals surface area contributed by atoms with Gasteiger partial charge < -0.3 is 9.64 Å². The number of para-hydroxylation sites is 1. The van der Waals surface area contributed by atoms with Crippen molar-refractivity contribution in [1.82, 2.24) is 9.80 Å². The second-order valence-electron chi connectivity index (χ2n) is 7.45. The second kappa shape index (κ2) is 7.99. The van der Waals surface area contributed by atoms with E-state index in [0.29, 0.717) is 12.1 Å². The lowest BCUT2D eigenvalue weighted by molar-refractivity contribution is -0.0120. The maximum Gasteiger partial charge on any atom is 0.123 e. The molecule has 2 atom stereocenters. The average Bonchev–Trinajstić information content (AvgIpc) is 3.16. The van der Waals surface area contributed by atoms with Crippen LogP contribution in [0, 0.1) is 0 Å². The summed E-state index contributed by atoms with van der Waals surface area (Å²) in [5.74, 6) is 0.976. The van der Waals surface area contributed by atoms with E-state index in [1.807, 2.05) is 12.1 Å². The molecule has 0 bridgehead atoms. The van der Waals surface area contributed by atoms with E-state index in [0.717, 1.165) is 17.3 Å². The van der Waals surface area contributed by atoms with Gasteiger partial charge in [0.15, 0.2) is 0 Å². The highest BCUT2D eigenvalue weighted by Crippen LogP contribution is 2.42. The van der Waals surface area contributed by atoms with Gasteiger partial charge in [-0.25, -0.2) is 0 Å². The molecule has 0 amide bonds. The first-order valence-corrected chi connectivity index (χ1v) is 9.98. The van der Waals surface area contributed by atoms with Crippen LogP contribution >= 0.6 is 11.6 Å². The second-order valence-corrected chi connectivity index (χ2v) is 7.89. The number of ether oxygens (including phenoxy) is 1.